The number of benzene rings is 1. The summed E-state index contributed by atoms with van der Waals surface area (Å²) in [6.07, 6.45) is 1.51. The predicted octanol–water partition coefficient (Wildman–Crippen LogP) is 4.93. The molecule has 2 aromatic heterocycles. The number of amides is 1. The Hall–Kier alpha value is -3.59. The summed E-state index contributed by atoms with van der Waals surface area (Å²) in [6, 6.07) is 7.88. The van der Waals surface area contributed by atoms with E-state index in [1.54, 1.807) is 37.3 Å². The highest BCUT2D eigenvalue weighted by Crippen LogP contribution is 2.43. The zero-order valence-corrected chi connectivity index (χ0v) is 20.3. The molecule has 1 aromatic carbocycles. The highest BCUT2D eigenvalue weighted by atomic mass is 32.1. The van der Waals surface area contributed by atoms with Gasteiger partial charge in [-0.2, -0.15) is 0 Å². The van der Waals surface area contributed by atoms with Crippen LogP contribution in [-0.4, -0.2) is 39.9 Å². The molecule has 8 nitrogen and oxygen atoms in total. The Balaban J connectivity index is 1.84. The highest BCUT2D eigenvalue weighted by Gasteiger charge is 2.45. The van der Waals surface area contributed by atoms with Crippen LogP contribution >= 0.6 is 11.3 Å². The van der Waals surface area contributed by atoms with E-state index in [-0.39, 0.29) is 12.1 Å². The third kappa shape index (κ3) is 4.31. The van der Waals surface area contributed by atoms with E-state index in [1.807, 2.05) is 20.8 Å². The minimum Gasteiger partial charge on any atom is -0.503 e. The first-order valence-electron chi connectivity index (χ1n) is 11.0. The summed E-state index contributed by atoms with van der Waals surface area (Å²) < 4.78 is 16.9. The van der Waals surface area contributed by atoms with E-state index in [4.69, 9.17) is 13.9 Å². The summed E-state index contributed by atoms with van der Waals surface area (Å²) in [6.45, 7) is 8.24. The molecular formula is C25H26N2O6S. The number of rotatable bonds is 9. The van der Waals surface area contributed by atoms with Gasteiger partial charge in [0.25, 0.3) is 5.91 Å². The molecule has 0 saturated carbocycles. The molecular weight excluding hydrogens is 456 g/mol. The first kappa shape index (κ1) is 23.6. The van der Waals surface area contributed by atoms with Crippen LogP contribution < -0.4 is 9.47 Å². The lowest BCUT2D eigenvalue weighted by atomic mass is 9.94. The van der Waals surface area contributed by atoms with Crippen LogP contribution in [0.4, 0.5) is 0 Å². The van der Waals surface area contributed by atoms with Gasteiger partial charge in [0, 0.05) is 0 Å². The number of hydrogen-bond acceptors (Lipinski definition) is 8. The average molecular weight is 483 g/mol. The molecule has 1 aliphatic rings. The molecule has 3 aromatic rings. The summed E-state index contributed by atoms with van der Waals surface area (Å²) in [5.41, 5.74) is 1.18. The van der Waals surface area contributed by atoms with Crippen molar-refractivity contribution in [2.45, 2.75) is 40.3 Å². The lowest BCUT2D eigenvalue weighted by molar-refractivity contribution is -0.130. The number of aliphatic hydroxyl groups excluding tert-OH is 1. The van der Waals surface area contributed by atoms with E-state index in [9.17, 15) is 14.7 Å². The fourth-order valence-corrected chi connectivity index (χ4v) is 4.94. The molecule has 1 aliphatic heterocycles. The van der Waals surface area contributed by atoms with Gasteiger partial charge < -0.3 is 23.9 Å². The second-order valence-corrected chi connectivity index (χ2v) is 8.93. The Bertz CT molecular complexity index is 1240. The average Bonchev–Trinajstić information content (AvgIpc) is 3.50. The van der Waals surface area contributed by atoms with Crippen molar-refractivity contribution >= 4 is 23.0 Å². The monoisotopic (exact) mass is 482 g/mol. The summed E-state index contributed by atoms with van der Waals surface area (Å²) >= 11 is 1.24. The van der Waals surface area contributed by atoms with Crippen LogP contribution in [0.15, 0.2) is 52.3 Å². The van der Waals surface area contributed by atoms with Gasteiger partial charge in [-0.3, -0.25) is 9.59 Å². The molecule has 178 valence electrons. The largest absolute Gasteiger partial charge is 0.503 e. The van der Waals surface area contributed by atoms with Gasteiger partial charge in [-0.05, 0) is 57.5 Å². The molecule has 1 amide bonds. The Morgan fingerprint density at radius 3 is 2.53 bits per heavy atom. The zero-order chi connectivity index (χ0) is 24.4. The molecule has 0 fully saturated rings. The van der Waals surface area contributed by atoms with Gasteiger partial charge >= 0.3 is 0 Å². The fraction of sp³-hybridized carbons (Fsp3) is 0.320. The van der Waals surface area contributed by atoms with E-state index < -0.39 is 23.5 Å². The van der Waals surface area contributed by atoms with E-state index in [1.165, 1.54) is 22.5 Å². The van der Waals surface area contributed by atoms with Crippen molar-refractivity contribution in [3.8, 4) is 11.5 Å². The number of aromatic nitrogens is 1. The number of carbonyl (C=O) groups is 2. The maximum Gasteiger partial charge on any atom is 0.290 e. The van der Waals surface area contributed by atoms with Gasteiger partial charge in [0.2, 0.25) is 5.78 Å². The summed E-state index contributed by atoms with van der Waals surface area (Å²) in [5.74, 6) is -0.0528. The first-order chi connectivity index (χ1) is 16.3. The molecule has 0 aliphatic carbocycles. The minimum absolute atomic E-state index is 0.00918. The van der Waals surface area contributed by atoms with Crippen LogP contribution in [0.25, 0.3) is 0 Å². The van der Waals surface area contributed by atoms with Crippen LogP contribution in [0.1, 0.15) is 51.6 Å². The second-order valence-electron chi connectivity index (χ2n) is 7.73. The maximum atomic E-state index is 13.6. The van der Waals surface area contributed by atoms with Gasteiger partial charge in [0.15, 0.2) is 17.3 Å². The summed E-state index contributed by atoms with van der Waals surface area (Å²) in [4.78, 5) is 33.0. The first-order valence-corrected chi connectivity index (χ1v) is 11.8. The fourth-order valence-electron chi connectivity index (χ4n) is 4.07. The Morgan fingerprint density at radius 1 is 1.18 bits per heavy atom. The number of Topliss-reactive ketones (excluding diaryl/α,β-unsaturated/α-hetero) is 1. The van der Waals surface area contributed by atoms with E-state index in [2.05, 4.69) is 4.98 Å². The van der Waals surface area contributed by atoms with Gasteiger partial charge in [0.05, 0.1) is 53.2 Å². The Kier molecular flexibility index (Phi) is 6.74. The van der Waals surface area contributed by atoms with Gasteiger partial charge in [-0.25, -0.2) is 4.98 Å². The number of aryl methyl sites for hydroxylation is 2. The van der Waals surface area contributed by atoms with Crippen molar-refractivity contribution in [2.24, 2.45) is 0 Å². The maximum absolute atomic E-state index is 13.6. The summed E-state index contributed by atoms with van der Waals surface area (Å²) in [7, 11) is 0. The van der Waals surface area contributed by atoms with E-state index in [0.29, 0.717) is 46.6 Å². The van der Waals surface area contributed by atoms with Crippen LogP contribution in [0.2, 0.25) is 0 Å². The molecule has 3 heterocycles. The number of ketones is 1. The molecule has 0 radical (unpaired) electrons. The molecule has 0 saturated heterocycles. The smallest absolute Gasteiger partial charge is 0.290 e. The molecule has 4 rings (SSSR count). The van der Waals surface area contributed by atoms with Crippen LogP contribution in [-0.2, 0) is 11.3 Å². The quantitative estimate of drug-likeness (QED) is 0.432. The molecule has 1 unspecified atom stereocenters. The number of hydrogen-bond donors (Lipinski definition) is 1. The normalized spacial score (nSPS) is 15.8. The second kappa shape index (κ2) is 9.72. The number of aliphatic hydroxyl groups is 1. The highest BCUT2D eigenvalue weighted by molar-refractivity contribution is 7.14. The van der Waals surface area contributed by atoms with Crippen molar-refractivity contribution in [1.82, 2.24) is 9.88 Å². The van der Waals surface area contributed by atoms with Crippen LogP contribution in [0.5, 0.6) is 11.5 Å². The third-order valence-corrected chi connectivity index (χ3v) is 6.52. The van der Waals surface area contributed by atoms with Crippen LogP contribution in [0.3, 0.4) is 0 Å². The third-order valence-electron chi connectivity index (χ3n) is 5.45. The molecule has 0 bridgehead atoms. The van der Waals surface area contributed by atoms with Gasteiger partial charge in [-0.15, -0.1) is 11.3 Å². The Morgan fingerprint density at radius 2 is 1.91 bits per heavy atom. The number of furan rings is 1. The molecule has 1 atom stereocenters. The SMILES string of the molecule is CCOc1ccc(C2C(C(=O)c3sc(C)nc3C)=C(O)C(=O)N2Cc2ccco2)cc1OCC. The standard InChI is InChI=1S/C25H26N2O6S/c1-5-31-18-10-9-16(12-19(18)32-6-2)21-20(22(28)24-14(3)26-15(4)34-24)23(29)25(30)27(21)13-17-8-7-11-33-17/h7-12,21,29H,5-6,13H2,1-4H3. The van der Waals surface area contributed by atoms with E-state index in [0.717, 1.165) is 5.01 Å². The van der Waals surface area contributed by atoms with E-state index >= 15 is 0 Å². The minimum atomic E-state index is -0.846. The number of thiazole rings is 1. The van der Waals surface area contributed by atoms with Crippen molar-refractivity contribution < 1.29 is 28.6 Å². The van der Waals surface area contributed by atoms with Crippen LogP contribution in [0, 0.1) is 13.8 Å². The topological polar surface area (TPSA) is 102 Å². The number of carbonyl (C=O) groups excluding carboxylic acids is 2. The lowest BCUT2D eigenvalue weighted by Crippen LogP contribution is -2.30. The Labute approximate surface area is 201 Å². The van der Waals surface area contributed by atoms with Gasteiger partial charge in [-0.1, -0.05) is 6.07 Å². The van der Waals surface area contributed by atoms with Crippen molar-refractivity contribution in [1.29, 1.82) is 0 Å². The summed E-state index contributed by atoms with van der Waals surface area (Å²) in [5, 5.41) is 11.6. The number of ether oxygens (including phenoxy) is 2. The predicted molar refractivity (Wildman–Crippen MR) is 126 cm³/mol. The molecule has 34 heavy (non-hydrogen) atoms. The molecule has 0 spiro atoms. The zero-order valence-electron chi connectivity index (χ0n) is 19.5. The molecule has 9 heteroatoms. The van der Waals surface area contributed by atoms with Crippen molar-refractivity contribution in [3.05, 3.63) is 74.8 Å². The van der Waals surface area contributed by atoms with Crippen molar-refractivity contribution in [3.63, 3.8) is 0 Å². The lowest BCUT2D eigenvalue weighted by Gasteiger charge is -2.26. The van der Waals surface area contributed by atoms with Crippen molar-refractivity contribution in [2.75, 3.05) is 13.2 Å². The number of nitrogens with zero attached hydrogens (tertiary/aromatic N) is 2. The molecule has 1 N–H and O–H groups in total. The van der Waals surface area contributed by atoms with Gasteiger partial charge in [0.1, 0.15) is 5.76 Å².